The van der Waals surface area contributed by atoms with E-state index in [9.17, 15) is 0 Å². The molecule has 1 fully saturated rings. The number of benzene rings is 1. The summed E-state index contributed by atoms with van der Waals surface area (Å²) in [5.41, 5.74) is 3.37. The molecule has 0 spiro atoms. The molecule has 0 bridgehead atoms. The Kier molecular flexibility index (Phi) is 5.30. The maximum atomic E-state index is 6.15. The van der Waals surface area contributed by atoms with Crippen molar-refractivity contribution in [2.24, 2.45) is 0 Å². The molecule has 1 saturated heterocycles. The van der Waals surface area contributed by atoms with Gasteiger partial charge in [0.2, 0.25) is 0 Å². The van der Waals surface area contributed by atoms with E-state index in [0.29, 0.717) is 13.2 Å². The van der Waals surface area contributed by atoms with E-state index in [0.717, 1.165) is 48.1 Å². The number of rotatable bonds is 6. The predicted octanol–water partition coefficient (Wildman–Crippen LogP) is 3.44. The Morgan fingerprint density at radius 2 is 2.12 bits per heavy atom. The van der Waals surface area contributed by atoms with Gasteiger partial charge in [-0.25, -0.2) is 9.97 Å². The zero-order valence-corrected chi connectivity index (χ0v) is 14.6. The third kappa shape index (κ3) is 4.23. The van der Waals surface area contributed by atoms with E-state index in [1.165, 1.54) is 5.56 Å². The molecule has 0 saturated carbocycles. The number of anilines is 1. The summed E-state index contributed by atoms with van der Waals surface area (Å²) in [5, 5.41) is 3.40. The van der Waals surface area contributed by atoms with Crippen LogP contribution in [0.1, 0.15) is 36.0 Å². The van der Waals surface area contributed by atoms with Crippen LogP contribution in [0.2, 0.25) is 0 Å². The molecule has 24 heavy (non-hydrogen) atoms. The van der Waals surface area contributed by atoms with Crippen molar-refractivity contribution >= 4 is 5.82 Å². The van der Waals surface area contributed by atoms with Crippen LogP contribution in [-0.4, -0.2) is 29.3 Å². The highest BCUT2D eigenvalue weighted by Crippen LogP contribution is 2.24. The van der Waals surface area contributed by atoms with Crippen molar-refractivity contribution in [1.82, 2.24) is 9.97 Å². The third-order valence-corrected chi connectivity index (χ3v) is 4.12. The third-order valence-electron chi connectivity index (χ3n) is 4.12. The van der Waals surface area contributed by atoms with Gasteiger partial charge >= 0.3 is 0 Å². The number of aromatic nitrogens is 2. The van der Waals surface area contributed by atoms with E-state index in [-0.39, 0.29) is 6.10 Å². The molecule has 1 aliphatic heterocycles. The molecule has 2 heterocycles. The Hall–Kier alpha value is -2.14. The van der Waals surface area contributed by atoms with Gasteiger partial charge in [-0.2, -0.15) is 0 Å². The fourth-order valence-electron chi connectivity index (χ4n) is 2.79. The van der Waals surface area contributed by atoms with Crippen LogP contribution < -0.4 is 10.1 Å². The molecule has 0 amide bonds. The van der Waals surface area contributed by atoms with Crippen molar-refractivity contribution in [3.63, 3.8) is 0 Å². The highest BCUT2D eigenvalue weighted by molar-refractivity contribution is 5.42. The van der Waals surface area contributed by atoms with Crippen LogP contribution in [0, 0.1) is 13.8 Å². The van der Waals surface area contributed by atoms with Gasteiger partial charge in [0.15, 0.2) is 0 Å². The van der Waals surface area contributed by atoms with Crippen molar-refractivity contribution in [3.05, 3.63) is 46.9 Å². The lowest BCUT2D eigenvalue weighted by atomic mass is 10.1. The largest absolute Gasteiger partial charge is 0.488 e. The summed E-state index contributed by atoms with van der Waals surface area (Å²) in [6, 6.07) is 8.32. The first kappa shape index (κ1) is 16.7. The molecule has 1 atom stereocenters. The lowest BCUT2D eigenvalue weighted by molar-refractivity contribution is 0.140. The molecule has 1 aromatic heterocycles. The van der Waals surface area contributed by atoms with E-state index >= 15 is 0 Å². The van der Waals surface area contributed by atoms with Crippen molar-refractivity contribution in [2.45, 2.75) is 46.3 Å². The molecular weight excluding hydrogens is 302 g/mol. The van der Waals surface area contributed by atoms with Crippen molar-refractivity contribution in [3.8, 4) is 5.75 Å². The quantitative estimate of drug-likeness (QED) is 0.881. The van der Waals surface area contributed by atoms with Crippen molar-refractivity contribution in [1.29, 1.82) is 0 Å². The second kappa shape index (κ2) is 7.62. The maximum absolute atomic E-state index is 6.15. The molecule has 0 radical (unpaired) electrons. The van der Waals surface area contributed by atoms with Gasteiger partial charge in [0, 0.05) is 30.3 Å². The van der Waals surface area contributed by atoms with Crippen LogP contribution in [-0.2, 0) is 17.7 Å². The summed E-state index contributed by atoms with van der Waals surface area (Å²) in [6.07, 6.45) is 2.00. The van der Waals surface area contributed by atoms with Gasteiger partial charge in [-0.3, -0.25) is 0 Å². The Balaban J connectivity index is 1.73. The van der Waals surface area contributed by atoms with Gasteiger partial charge in [-0.1, -0.05) is 19.1 Å². The zero-order chi connectivity index (χ0) is 16.9. The number of hydrogen-bond donors (Lipinski definition) is 1. The lowest BCUT2D eigenvalue weighted by Gasteiger charge is -2.17. The van der Waals surface area contributed by atoms with Crippen LogP contribution in [0.25, 0.3) is 0 Å². The average molecular weight is 327 g/mol. The van der Waals surface area contributed by atoms with Gasteiger partial charge in [-0.05, 0) is 31.9 Å². The smallest absolute Gasteiger partial charge is 0.130 e. The maximum Gasteiger partial charge on any atom is 0.130 e. The number of nitrogens with zero attached hydrogens (tertiary/aromatic N) is 2. The van der Waals surface area contributed by atoms with Gasteiger partial charge in [0.1, 0.15) is 23.5 Å². The van der Waals surface area contributed by atoms with Crippen molar-refractivity contribution < 1.29 is 9.47 Å². The summed E-state index contributed by atoms with van der Waals surface area (Å²) in [5.74, 6) is 2.58. The molecular formula is C19H25N3O2. The van der Waals surface area contributed by atoms with Gasteiger partial charge in [0.25, 0.3) is 0 Å². The van der Waals surface area contributed by atoms with Gasteiger partial charge < -0.3 is 14.8 Å². The molecule has 1 aromatic carbocycles. The Bertz CT molecular complexity index is 697. The standard InChI is InChI=1S/C19H25N3O2/c1-4-16-10-19(22-14(3)21-16)20-11-15-6-5-13(2)9-18(15)24-17-7-8-23-12-17/h5-6,9-10,17H,4,7-8,11-12H2,1-3H3,(H,20,21,22). The van der Waals surface area contributed by atoms with Crippen LogP contribution in [0.5, 0.6) is 5.75 Å². The van der Waals surface area contributed by atoms with Crippen molar-refractivity contribution in [2.75, 3.05) is 18.5 Å². The topological polar surface area (TPSA) is 56.3 Å². The van der Waals surface area contributed by atoms with E-state index in [1.54, 1.807) is 0 Å². The molecule has 1 aliphatic rings. The highest BCUT2D eigenvalue weighted by Gasteiger charge is 2.18. The second-order valence-corrected chi connectivity index (χ2v) is 6.21. The Labute approximate surface area is 143 Å². The summed E-state index contributed by atoms with van der Waals surface area (Å²) in [6.45, 7) is 8.22. The normalized spacial score (nSPS) is 17.0. The van der Waals surface area contributed by atoms with Crippen LogP contribution in [0.3, 0.4) is 0 Å². The van der Waals surface area contributed by atoms with E-state index in [2.05, 4.69) is 47.3 Å². The van der Waals surface area contributed by atoms with Gasteiger partial charge in [0.05, 0.1) is 13.2 Å². The predicted molar refractivity (Wildman–Crippen MR) is 94.5 cm³/mol. The molecule has 0 aliphatic carbocycles. The highest BCUT2D eigenvalue weighted by atomic mass is 16.5. The average Bonchev–Trinajstić information content (AvgIpc) is 3.06. The second-order valence-electron chi connectivity index (χ2n) is 6.21. The number of ether oxygens (including phenoxy) is 2. The lowest BCUT2D eigenvalue weighted by Crippen LogP contribution is -2.17. The van der Waals surface area contributed by atoms with Crippen LogP contribution in [0.4, 0.5) is 5.82 Å². The fourth-order valence-corrected chi connectivity index (χ4v) is 2.79. The van der Waals surface area contributed by atoms with E-state index in [4.69, 9.17) is 9.47 Å². The minimum atomic E-state index is 0.151. The van der Waals surface area contributed by atoms with E-state index in [1.807, 2.05) is 13.0 Å². The summed E-state index contributed by atoms with van der Waals surface area (Å²) in [4.78, 5) is 8.88. The molecule has 128 valence electrons. The number of aryl methyl sites for hydroxylation is 3. The summed E-state index contributed by atoms with van der Waals surface area (Å²) >= 11 is 0. The first-order chi connectivity index (χ1) is 11.6. The summed E-state index contributed by atoms with van der Waals surface area (Å²) in [7, 11) is 0. The zero-order valence-electron chi connectivity index (χ0n) is 14.6. The first-order valence-corrected chi connectivity index (χ1v) is 8.56. The Morgan fingerprint density at radius 1 is 1.25 bits per heavy atom. The van der Waals surface area contributed by atoms with Crippen LogP contribution >= 0.6 is 0 Å². The molecule has 1 unspecified atom stereocenters. The molecule has 5 heteroatoms. The van der Waals surface area contributed by atoms with Gasteiger partial charge in [-0.15, -0.1) is 0 Å². The monoisotopic (exact) mass is 327 g/mol. The minimum absolute atomic E-state index is 0.151. The van der Waals surface area contributed by atoms with Crippen LogP contribution in [0.15, 0.2) is 24.3 Å². The number of nitrogens with one attached hydrogen (secondary N) is 1. The number of hydrogen-bond acceptors (Lipinski definition) is 5. The molecule has 1 N–H and O–H groups in total. The Morgan fingerprint density at radius 3 is 2.88 bits per heavy atom. The van der Waals surface area contributed by atoms with E-state index < -0.39 is 0 Å². The SMILES string of the molecule is CCc1cc(NCc2ccc(C)cc2OC2CCOC2)nc(C)n1. The minimum Gasteiger partial charge on any atom is -0.488 e. The molecule has 3 rings (SSSR count). The summed E-state index contributed by atoms with van der Waals surface area (Å²) < 4.78 is 11.6. The first-order valence-electron chi connectivity index (χ1n) is 8.56. The molecule has 2 aromatic rings. The fraction of sp³-hybridized carbons (Fsp3) is 0.474. The molecule has 5 nitrogen and oxygen atoms in total.